The highest BCUT2D eigenvalue weighted by molar-refractivity contribution is 5.82. The molecule has 3 aromatic rings. The third kappa shape index (κ3) is 3.08. The number of hydrogen-bond donors (Lipinski definition) is 0. The van der Waals surface area contributed by atoms with Crippen LogP contribution in [0.3, 0.4) is 0 Å². The summed E-state index contributed by atoms with van der Waals surface area (Å²) in [6, 6.07) is 1.85. The third-order valence-corrected chi connectivity index (χ3v) is 5.26. The maximum Gasteiger partial charge on any atom is 0.316 e. The van der Waals surface area contributed by atoms with E-state index in [4.69, 9.17) is 4.74 Å². The summed E-state index contributed by atoms with van der Waals surface area (Å²) in [5.41, 5.74) is 1.64. The molecule has 140 valence electrons. The van der Waals surface area contributed by atoms with Gasteiger partial charge in [0.2, 0.25) is 0 Å². The van der Waals surface area contributed by atoms with Crippen molar-refractivity contribution in [2.45, 2.75) is 44.9 Å². The lowest BCUT2D eigenvalue weighted by atomic mass is 10.2. The summed E-state index contributed by atoms with van der Waals surface area (Å²) >= 11 is 0. The minimum Gasteiger partial charge on any atom is -0.357 e. The predicted octanol–water partition coefficient (Wildman–Crippen LogP) is 3.31. The van der Waals surface area contributed by atoms with E-state index in [9.17, 15) is 10.1 Å². The molecule has 9 heteroatoms. The minimum atomic E-state index is -0.408. The van der Waals surface area contributed by atoms with Gasteiger partial charge in [-0.1, -0.05) is 0 Å². The van der Waals surface area contributed by atoms with E-state index < -0.39 is 4.92 Å². The zero-order valence-electron chi connectivity index (χ0n) is 14.8. The molecular weight excluding hydrogens is 348 g/mol. The second kappa shape index (κ2) is 6.41. The largest absolute Gasteiger partial charge is 0.357 e. The van der Waals surface area contributed by atoms with Crippen LogP contribution in [0.2, 0.25) is 0 Å². The van der Waals surface area contributed by atoms with Crippen molar-refractivity contribution >= 4 is 16.6 Å². The molecule has 1 unspecified atom stereocenters. The number of aromatic nitrogens is 5. The van der Waals surface area contributed by atoms with Gasteiger partial charge in [-0.15, -0.1) is 0 Å². The summed E-state index contributed by atoms with van der Waals surface area (Å²) < 4.78 is 9.25. The van der Waals surface area contributed by atoms with Gasteiger partial charge in [0, 0.05) is 24.7 Å². The molecule has 2 aliphatic rings. The lowest BCUT2D eigenvalue weighted by Gasteiger charge is -2.22. The van der Waals surface area contributed by atoms with Crippen molar-refractivity contribution in [3.05, 3.63) is 34.8 Å². The van der Waals surface area contributed by atoms with Crippen molar-refractivity contribution in [2.24, 2.45) is 5.92 Å². The normalized spacial score (nSPS) is 20.2. The summed E-state index contributed by atoms with van der Waals surface area (Å²) in [6.07, 6.45) is 10.0. The van der Waals surface area contributed by atoms with Crippen LogP contribution < -0.4 is 0 Å². The lowest BCUT2D eigenvalue weighted by molar-refractivity contribution is -0.384. The molecule has 5 rings (SSSR count). The van der Waals surface area contributed by atoms with E-state index in [2.05, 4.69) is 15.2 Å². The standard InChI is InChI=1S/C18H20N6O3/c25-24(26)16-11-23(17-3-1-2-6-27-17)21-18(16)14-7-15-13(8-19-14)9-20-22(15)10-12-4-5-12/h7-9,11-12,17H,1-6,10H2. The fourth-order valence-corrected chi connectivity index (χ4v) is 3.57. The van der Waals surface area contributed by atoms with Crippen molar-refractivity contribution in [3.8, 4) is 11.4 Å². The van der Waals surface area contributed by atoms with Gasteiger partial charge in [0.1, 0.15) is 12.4 Å². The number of ether oxygens (including phenoxy) is 1. The number of pyridine rings is 1. The smallest absolute Gasteiger partial charge is 0.316 e. The molecule has 1 atom stereocenters. The first-order valence-electron chi connectivity index (χ1n) is 9.36. The molecule has 0 bridgehead atoms. The second-order valence-corrected chi connectivity index (χ2v) is 7.32. The van der Waals surface area contributed by atoms with Gasteiger partial charge in [-0.2, -0.15) is 10.2 Å². The molecule has 1 aliphatic heterocycles. The van der Waals surface area contributed by atoms with E-state index in [1.807, 2.05) is 10.7 Å². The van der Waals surface area contributed by atoms with Crippen molar-refractivity contribution in [3.63, 3.8) is 0 Å². The van der Waals surface area contributed by atoms with Gasteiger partial charge in [0.25, 0.3) is 0 Å². The molecule has 0 radical (unpaired) electrons. The second-order valence-electron chi connectivity index (χ2n) is 7.32. The van der Waals surface area contributed by atoms with Crippen LogP contribution in [0.5, 0.6) is 0 Å². The number of hydrogen-bond acceptors (Lipinski definition) is 6. The van der Waals surface area contributed by atoms with Crippen LogP contribution in [0.15, 0.2) is 24.7 Å². The Hall–Kier alpha value is -2.81. The Morgan fingerprint density at radius 3 is 2.89 bits per heavy atom. The number of fused-ring (bicyclic) bond motifs is 1. The number of nitrogens with zero attached hydrogens (tertiary/aromatic N) is 6. The first-order valence-corrected chi connectivity index (χ1v) is 9.36. The van der Waals surface area contributed by atoms with Crippen molar-refractivity contribution < 1.29 is 9.66 Å². The number of nitro groups is 1. The Morgan fingerprint density at radius 2 is 2.15 bits per heavy atom. The van der Waals surface area contributed by atoms with Gasteiger partial charge in [0.15, 0.2) is 5.69 Å². The monoisotopic (exact) mass is 368 g/mol. The predicted molar refractivity (Wildman–Crippen MR) is 97.0 cm³/mol. The fourth-order valence-electron chi connectivity index (χ4n) is 3.57. The van der Waals surface area contributed by atoms with Gasteiger partial charge in [-0.25, -0.2) is 4.68 Å². The zero-order valence-corrected chi connectivity index (χ0v) is 14.8. The Morgan fingerprint density at radius 1 is 1.26 bits per heavy atom. The van der Waals surface area contributed by atoms with E-state index in [0.29, 0.717) is 18.2 Å². The Labute approximate surface area is 155 Å². The number of rotatable bonds is 5. The topological polar surface area (TPSA) is 101 Å². The van der Waals surface area contributed by atoms with E-state index in [1.54, 1.807) is 17.1 Å². The molecular formula is C18H20N6O3. The van der Waals surface area contributed by atoms with Crippen LogP contribution in [0.25, 0.3) is 22.3 Å². The first kappa shape index (κ1) is 16.4. The molecule has 0 aromatic carbocycles. The van der Waals surface area contributed by atoms with Crippen molar-refractivity contribution in [1.82, 2.24) is 24.5 Å². The Balaban J connectivity index is 1.56. The molecule has 1 saturated carbocycles. The lowest BCUT2D eigenvalue weighted by Crippen LogP contribution is -2.18. The minimum absolute atomic E-state index is 0.0516. The molecule has 3 aromatic heterocycles. The molecule has 27 heavy (non-hydrogen) atoms. The highest BCUT2D eigenvalue weighted by atomic mass is 16.6. The highest BCUT2D eigenvalue weighted by Gasteiger charge is 2.27. The summed E-state index contributed by atoms with van der Waals surface area (Å²) in [6.45, 7) is 1.53. The van der Waals surface area contributed by atoms with Crippen molar-refractivity contribution in [1.29, 1.82) is 0 Å². The molecule has 4 heterocycles. The van der Waals surface area contributed by atoms with E-state index in [1.165, 1.54) is 19.0 Å². The summed E-state index contributed by atoms with van der Waals surface area (Å²) in [5, 5.41) is 21.4. The third-order valence-electron chi connectivity index (χ3n) is 5.26. The van der Waals surface area contributed by atoms with Crippen LogP contribution in [0.1, 0.15) is 38.3 Å². The molecule has 2 fully saturated rings. The Bertz CT molecular complexity index is 1000. The van der Waals surface area contributed by atoms with Crippen LogP contribution in [-0.4, -0.2) is 36.1 Å². The quantitative estimate of drug-likeness (QED) is 0.506. The molecule has 0 amide bonds. The first-order chi connectivity index (χ1) is 13.2. The van der Waals surface area contributed by atoms with Crippen LogP contribution >= 0.6 is 0 Å². The zero-order chi connectivity index (χ0) is 18.4. The Kier molecular flexibility index (Phi) is 3.89. The van der Waals surface area contributed by atoms with Crippen LogP contribution in [0, 0.1) is 16.0 Å². The van der Waals surface area contributed by atoms with Crippen molar-refractivity contribution in [2.75, 3.05) is 6.61 Å². The van der Waals surface area contributed by atoms with Crippen LogP contribution in [-0.2, 0) is 11.3 Å². The SMILES string of the molecule is O=[N+]([O-])c1cn(C2CCCCO2)nc1-c1cc2c(cn1)cnn2CC1CC1. The van der Waals surface area contributed by atoms with Gasteiger partial charge in [-0.05, 0) is 44.1 Å². The fraction of sp³-hybridized carbons (Fsp3) is 0.500. The molecule has 9 nitrogen and oxygen atoms in total. The van der Waals surface area contributed by atoms with Gasteiger partial charge >= 0.3 is 5.69 Å². The maximum atomic E-state index is 11.6. The molecule has 0 spiro atoms. The van der Waals surface area contributed by atoms with E-state index >= 15 is 0 Å². The molecule has 1 aliphatic carbocycles. The molecule has 1 saturated heterocycles. The van der Waals surface area contributed by atoms with E-state index in [0.717, 1.165) is 36.7 Å². The van der Waals surface area contributed by atoms with Gasteiger partial charge in [0.05, 0.1) is 22.3 Å². The highest BCUT2D eigenvalue weighted by Crippen LogP contribution is 2.34. The van der Waals surface area contributed by atoms with E-state index in [-0.39, 0.29) is 17.6 Å². The average molecular weight is 368 g/mol. The summed E-state index contributed by atoms with van der Waals surface area (Å²) in [4.78, 5) is 15.6. The average Bonchev–Trinajstić information content (AvgIpc) is 3.25. The summed E-state index contributed by atoms with van der Waals surface area (Å²) in [5.74, 6) is 0.682. The molecule has 0 N–H and O–H groups in total. The maximum absolute atomic E-state index is 11.6. The van der Waals surface area contributed by atoms with Crippen LogP contribution in [0.4, 0.5) is 5.69 Å². The summed E-state index contributed by atoms with van der Waals surface area (Å²) in [7, 11) is 0. The van der Waals surface area contributed by atoms with Gasteiger partial charge < -0.3 is 4.74 Å². The van der Waals surface area contributed by atoms with Gasteiger partial charge in [-0.3, -0.25) is 19.8 Å².